The zero-order valence-corrected chi connectivity index (χ0v) is 14.8. The van der Waals surface area contributed by atoms with Gasteiger partial charge in [-0.2, -0.15) is 0 Å². The smallest absolute Gasteiger partial charge is 0.234 e. The predicted molar refractivity (Wildman–Crippen MR) is 99.3 cm³/mol. The Morgan fingerprint density at radius 1 is 1.16 bits per heavy atom. The summed E-state index contributed by atoms with van der Waals surface area (Å²) in [6, 6.07) is 15.8. The third kappa shape index (κ3) is 3.22. The fraction of sp³-hybridized carbons (Fsp3) is 0.300. The van der Waals surface area contributed by atoms with Crippen molar-refractivity contribution in [1.29, 1.82) is 0 Å². The van der Waals surface area contributed by atoms with Crippen molar-refractivity contribution in [3.8, 4) is 16.9 Å². The van der Waals surface area contributed by atoms with Crippen LogP contribution in [0.1, 0.15) is 24.9 Å². The molecule has 0 spiro atoms. The summed E-state index contributed by atoms with van der Waals surface area (Å²) in [4.78, 5) is 18.6. The van der Waals surface area contributed by atoms with Gasteiger partial charge in [0.25, 0.3) is 0 Å². The van der Waals surface area contributed by atoms with Crippen LogP contribution in [0.4, 0.5) is 0 Å². The monoisotopic (exact) mass is 337 g/mol. The van der Waals surface area contributed by atoms with Gasteiger partial charge in [-0.05, 0) is 41.3 Å². The van der Waals surface area contributed by atoms with Crippen LogP contribution in [-0.2, 0) is 4.79 Å². The van der Waals surface area contributed by atoms with Crippen molar-refractivity contribution >= 4 is 11.9 Å². The maximum absolute atomic E-state index is 12.5. The average molecular weight is 337 g/mol. The molecule has 5 heteroatoms. The zero-order chi connectivity index (χ0) is 18.0. The van der Waals surface area contributed by atoms with E-state index in [1.54, 1.807) is 14.2 Å². The lowest BCUT2D eigenvalue weighted by atomic mass is 9.87. The van der Waals surface area contributed by atoms with Gasteiger partial charge < -0.3 is 10.5 Å². The first kappa shape index (κ1) is 17.0. The zero-order valence-electron chi connectivity index (χ0n) is 14.8. The molecular weight excluding hydrogens is 314 g/mol. The molecule has 1 aliphatic rings. The minimum Gasteiger partial charge on any atom is -0.497 e. The molecule has 0 aromatic heterocycles. The first-order valence-electron chi connectivity index (χ1n) is 8.40. The second kappa shape index (κ2) is 6.97. The summed E-state index contributed by atoms with van der Waals surface area (Å²) in [6.07, 6.45) is 0.716. The molecule has 2 N–H and O–H groups in total. The van der Waals surface area contributed by atoms with Crippen LogP contribution in [0.2, 0.25) is 0 Å². The molecule has 2 aromatic rings. The normalized spacial score (nSPS) is 20.4. The van der Waals surface area contributed by atoms with E-state index in [1.807, 2.05) is 49.4 Å². The third-order valence-corrected chi connectivity index (χ3v) is 4.71. The lowest BCUT2D eigenvalue weighted by molar-refractivity contribution is -0.132. The van der Waals surface area contributed by atoms with Crippen LogP contribution in [0.15, 0.2) is 53.5 Å². The Morgan fingerprint density at radius 3 is 2.52 bits per heavy atom. The van der Waals surface area contributed by atoms with E-state index in [-0.39, 0.29) is 23.8 Å². The molecule has 1 heterocycles. The number of nitrogens with zero attached hydrogens (tertiary/aromatic N) is 2. The highest BCUT2D eigenvalue weighted by Gasteiger charge is 2.35. The van der Waals surface area contributed by atoms with Crippen molar-refractivity contribution in [1.82, 2.24) is 4.90 Å². The molecule has 5 nitrogen and oxygen atoms in total. The van der Waals surface area contributed by atoms with Crippen LogP contribution in [0.25, 0.3) is 11.1 Å². The second-order valence-corrected chi connectivity index (χ2v) is 6.20. The number of carbonyl (C=O) groups is 1. The van der Waals surface area contributed by atoms with Gasteiger partial charge in [-0.1, -0.05) is 37.3 Å². The van der Waals surface area contributed by atoms with Gasteiger partial charge in [0.15, 0.2) is 5.96 Å². The van der Waals surface area contributed by atoms with E-state index in [0.717, 1.165) is 22.4 Å². The molecule has 25 heavy (non-hydrogen) atoms. The fourth-order valence-electron chi connectivity index (χ4n) is 3.23. The molecule has 0 fully saturated rings. The second-order valence-electron chi connectivity index (χ2n) is 6.20. The molecule has 2 atom stereocenters. The van der Waals surface area contributed by atoms with Crippen LogP contribution in [0.3, 0.4) is 0 Å². The van der Waals surface area contributed by atoms with Crippen molar-refractivity contribution in [2.75, 3.05) is 14.2 Å². The number of methoxy groups -OCH3 is 1. The number of hydrogen-bond acceptors (Lipinski definition) is 4. The number of aliphatic imine (C=N–C) groups is 1. The number of rotatable bonds is 4. The Kier molecular flexibility index (Phi) is 4.74. The van der Waals surface area contributed by atoms with E-state index in [2.05, 4.69) is 11.1 Å². The molecule has 1 unspecified atom stereocenters. The Balaban J connectivity index is 2.02. The summed E-state index contributed by atoms with van der Waals surface area (Å²) >= 11 is 0. The molecular formula is C20H23N3O2. The molecule has 3 rings (SSSR count). The summed E-state index contributed by atoms with van der Waals surface area (Å²) in [5.74, 6) is 0.905. The first-order chi connectivity index (χ1) is 12.0. The highest BCUT2D eigenvalue weighted by atomic mass is 16.5. The molecule has 2 aromatic carbocycles. The van der Waals surface area contributed by atoms with E-state index in [9.17, 15) is 4.79 Å². The van der Waals surface area contributed by atoms with E-state index in [4.69, 9.17) is 10.5 Å². The van der Waals surface area contributed by atoms with Gasteiger partial charge in [-0.25, -0.2) is 4.99 Å². The number of carbonyl (C=O) groups excluding carboxylic acids is 1. The maximum atomic E-state index is 12.5. The van der Waals surface area contributed by atoms with Crippen molar-refractivity contribution in [2.45, 2.75) is 19.4 Å². The molecule has 0 bridgehead atoms. The highest BCUT2D eigenvalue weighted by Crippen LogP contribution is 2.35. The van der Waals surface area contributed by atoms with Gasteiger partial charge >= 0.3 is 0 Å². The molecule has 0 radical (unpaired) electrons. The molecule has 0 saturated heterocycles. The Labute approximate surface area is 148 Å². The van der Waals surface area contributed by atoms with Gasteiger partial charge in [-0.15, -0.1) is 0 Å². The third-order valence-electron chi connectivity index (χ3n) is 4.71. The number of nitrogens with two attached hydrogens (primary N) is 1. The summed E-state index contributed by atoms with van der Waals surface area (Å²) in [5.41, 5.74) is 9.06. The van der Waals surface area contributed by atoms with E-state index in [0.29, 0.717) is 6.42 Å². The van der Waals surface area contributed by atoms with Gasteiger partial charge in [0, 0.05) is 7.05 Å². The maximum Gasteiger partial charge on any atom is 0.234 e. The average Bonchev–Trinajstić information content (AvgIpc) is 2.66. The minimum atomic E-state index is -0.251. The summed E-state index contributed by atoms with van der Waals surface area (Å²) in [5, 5.41) is 0. The van der Waals surface area contributed by atoms with Gasteiger partial charge in [0.2, 0.25) is 5.91 Å². The molecule has 1 amide bonds. The Bertz CT molecular complexity index is 816. The van der Waals surface area contributed by atoms with Gasteiger partial charge in [0.05, 0.1) is 19.1 Å². The van der Waals surface area contributed by atoms with Crippen molar-refractivity contribution in [3.05, 3.63) is 54.1 Å². The quantitative estimate of drug-likeness (QED) is 0.931. The fourth-order valence-corrected chi connectivity index (χ4v) is 3.23. The van der Waals surface area contributed by atoms with Gasteiger partial charge in [-0.3, -0.25) is 9.69 Å². The highest BCUT2D eigenvalue weighted by molar-refractivity contribution is 5.99. The van der Waals surface area contributed by atoms with E-state index in [1.165, 1.54) is 4.90 Å². The molecule has 1 aliphatic heterocycles. The Hall–Kier alpha value is -2.82. The van der Waals surface area contributed by atoms with Crippen molar-refractivity contribution < 1.29 is 9.53 Å². The lowest BCUT2D eigenvalue weighted by Gasteiger charge is -2.32. The van der Waals surface area contributed by atoms with Crippen LogP contribution in [0.5, 0.6) is 5.75 Å². The van der Waals surface area contributed by atoms with Crippen LogP contribution in [-0.4, -0.2) is 30.9 Å². The van der Waals surface area contributed by atoms with Crippen molar-refractivity contribution in [3.63, 3.8) is 0 Å². The summed E-state index contributed by atoms with van der Waals surface area (Å²) in [6.45, 7) is 2.01. The topological polar surface area (TPSA) is 67.9 Å². The summed E-state index contributed by atoms with van der Waals surface area (Å²) in [7, 11) is 3.33. The largest absolute Gasteiger partial charge is 0.497 e. The van der Waals surface area contributed by atoms with E-state index >= 15 is 0 Å². The van der Waals surface area contributed by atoms with Crippen LogP contribution >= 0.6 is 0 Å². The molecule has 0 aliphatic carbocycles. The van der Waals surface area contributed by atoms with Crippen LogP contribution < -0.4 is 10.5 Å². The predicted octanol–water partition coefficient (Wildman–Crippen LogP) is 3.22. The number of ether oxygens (including phenoxy) is 1. The minimum absolute atomic E-state index is 0.0202. The Morgan fingerprint density at radius 2 is 1.84 bits per heavy atom. The number of amides is 1. The van der Waals surface area contributed by atoms with Gasteiger partial charge in [0.1, 0.15) is 5.75 Å². The number of hydrogen-bond donors (Lipinski definition) is 1. The van der Waals surface area contributed by atoms with Crippen molar-refractivity contribution in [2.24, 2.45) is 16.6 Å². The summed E-state index contributed by atoms with van der Waals surface area (Å²) < 4.78 is 5.31. The van der Waals surface area contributed by atoms with E-state index < -0.39 is 0 Å². The SMILES string of the molecule is CC[C@H]1C(=O)N(C)C(N)=NC1c1cccc(-c2cccc(OC)c2)c1. The number of benzene rings is 2. The number of guanidine groups is 1. The first-order valence-corrected chi connectivity index (χ1v) is 8.40. The molecule has 0 saturated carbocycles. The van der Waals surface area contributed by atoms with Crippen LogP contribution in [0, 0.1) is 5.92 Å². The standard InChI is InChI=1S/C20H23N3O2/c1-4-17-18(22-20(21)23(2)19(17)24)15-9-5-7-13(11-15)14-8-6-10-16(12-14)25-3/h5-12,17-18H,4H2,1-3H3,(H2,21,22)/t17-,18?/m1/s1. The lowest BCUT2D eigenvalue weighted by Crippen LogP contribution is -2.47. The molecule has 130 valence electrons.